The molecule has 2 aromatic carbocycles. The van der Waals surface area contributed by atoms with Gasteiger partial charge >= 0.3 is 0 Å². The number of hydrogen-bond acceptors (Lipinski definition) is 9. The van der Waals surface area contributed by atoms with Gasteiger partial charge in [0, 0.05) is 30.9 Å². The number of hydrogen-bond donors (Lipinski definition) is 3. The van der Waals surface area contributed by atoms with E-state index in [1.807, 2.05) is 0 Å². The summed E-state index contributed by atoms with van der Waals surface area (Å²) in [5.74, 6) is 0.131. The lowest BCUT2D eigenvalue weighted by atomic mass is 10.1. The summed E-state index contributed by atoms with van der Waals surface area (Å²) in [5.41, 5.74) is 1.88. The van der Waals surface area contributed by atoms with Gasteiger partial charge in [0.05, 0.1) is 37.8 Å². The lowest BCUT2D eigenvalue weighted by Gasteiger charge is -2.41. The summed E-state index contributed by atoms with van der Waals surface area (Å²) in [6.07, 6.45) is 1.55. The minimum Gasteiger partial charge on any atom is -0.497 e. The van der Waals surface area contributed by atoms with Crippen molar-refractivity contribution in [3.05, 3.63) is 66.6 Å². The number of carbonyl (C=O) groups is 1. The number of anilines is 5. The van der Waals surface area contributed by atoms with Gasteiger partial charge in [-0.3, -0.25) is 4.79 Å². The third-order valence-corrected chi connectivity index (χ3v) is 5.52. The number of aliphatic hydroxyl groups is 1. The Morgan fingerprint density at radius 1 is 1.26 bits per heavy atom. The average Bonchev–Trinajstić information content (AvgIpc) is 2.87. The molecule has 0 saturated heterocycles. The molecule has 10 nitrogen and oxygen atoms in total. The molecule has 11 heteroatoms. The van der Waals surface area contributed by atoms with Gasteiger partial charge in [-0.05, 0) is 18.2 Å². The van der Waals surface area contributed by atoms with Crippen LogP contribution in [-0.4, -0.2) is 48.6 Å². The van der Waals surface area contributed by atoms with E-state index < -0.39 is 12.2 Å². The molecule has 182 valence electrons. The van der Waals surface area contributed by atoms with Crippen LogP contribution in [0.25, 0.3) is 0 Å². The summed E-state index contributed by atoms with van der Waals surface area (Å²) in [6, 6.07) is 10.0. The van der Waals surface area contributed by atoms with Crippen LogP contribution in [0.3, 0.4) is 0 Å². The summed E-state index contributed by atoms with van der Waals surface area (Å²) < 4.78 is 25.5. The van der Waals surface area contributed by atoms with Gasteiger partial charge in [-0.1, -0.05) is 18.7 Å². The quantitative estimate of drug-likeness (QED) is 0.439. The predicted molar refractivity (Wildman–Crippen MR) is 131 cm³/mol. The lowest BCUT2D eigenvalue weighted by molar-refractivity contribution is -0.111. The SMILES string of the molecule is C=CC(=O)Nc1ccccc1Nc1ncc2c(n1)N(C)C(O)N(c1cc(OC)cc(OC)c1F)C2. The molecule has 0 radical (unpaired) electrons. The average molecular weight is 481 g/mol. The number of methoxy groups -OCH3 is 2. The number of para-hydroxylation sites is 2. The van der Waals surface area contributed by atoms with E-state index in [4.69, 9.17) is 9.47 Å². The molecule has 1 atom stereocenters. The Morgan fingerprint density at radius 2 is 2.00 bits per heavy atom. The first kappa shape index (κ1) is 23.8. The molecule has 4 rings (SSSR count). The predicted octanol–water partition coefficient (Wildman–Crippen LogP) is 3.23. The second kappa shape index (κ2) is 9.85. The van der Waals surface area contributed by atoms with Gasteiger partial charge in [0.2, 0.25) is 18.2 Å². The number of aromatic nitrogens is 2. The fraction of sp³-hybridized carbons (Fsp3) is 0.208. The number of amides is 1. The molecule has 1 aliphatic heterocycles. The summed E-state index contributed by atoms with van der Waals surface area (Å²) >= 11 is 0. The molecule has 0 spiro atoms. The van der Waals surface area contributed by atoms with Crippen LogP contribution < -0.4 is 29.9 Å². The molecule has 3 aromatic rings. The van der Waals surface area contributed by atoms with E-state index in [1.165, 1.54) is 42.2 Å². The number of fused-ring (bicyclic) bond motifs is 1. The van der Waals surface area contributed by atoms with Gasteiger partial charge in [0.15, 0.2) is 11.6 Å². The second-order valence-electron chi connectivity index (χ2n) is 7.65. The lowest BCUT2D eigenvalue weighted by Crippen LogP contribution is -2.51. The number of aliphatic hydroxyl groups excluding tert-OH is 1. The largest absolute Gasteiger partial charge is 0.497 e. The highest BCUT2D eigenvalue weighted by molar-refractivity contribution is 6.01. The highest BCUT2D eigenvalue weighted by Crippen LogP contribution is 2.38. The van der Waals surface area contributed by atoms with E-state index in [0.29, 0.717) is 28.5 Å². The van der Waals surface area contributed by atoms with E-state index >= 15 is 4.39 Å². The molecular weight excluding hydrogens is 455 g/mol. The number of ether oxygens (including phenoxy) is 2. The molecule has 3 N–H and O–H groups in total. The maximum absolute atomic E-state index is 15.1. The van der Waals surface area contributed by atoms with Crippen LogP contribution in [0.2, 0.25) is 0 Å². The molecule has 1 aliphatic rings. The zero-order valence-electron chi connectivity index (χ0n) is 19.4. The van der Waals surface area contributed by atoms with Crippen molar-refractivity contribution < 1.29 is 23.8 Å². The van der Waals surface area contributed by atoms with E-state index in [9.17, 15) is 9.90 Å². The minimum atomic E-state index is -1.23. The Kier molecular flexibility index (Phi) is 6.69. The minimum absolute atomic E-state index is 0.00184. The maximum atomic E-state index is 15.1. The van der Waals surface area contributed by atoms with Crippen molar-refractivity contribution in [2.24, 2.45) is 0 Å². The second-order valence-corrected chi connectivity index (χ2v) is 7.65. The van der Waals surface area contributed by atoms with Crippen molar-refractivity contribution in [3.63, 3.8) is 0 Å². The van der Waals surface area contributed by atoms with Crippen molar-refractivity contribution >= 4 is 34.7 Å². The molecule has 35 heavy (non-hydrogen) atoms. The van der Waals surface area contributed by atoms with Crippen LogP contribution in [0.1, 0.15) is 5.56 Å². The highest BCUT2D eigenvalue weighted by Gasteiger charge is 2.33. The first-order valence-corrected chi connectivity index (χ1v) is 10.6. The first-order chi connectivity index (χ1) is 16.9. The van der Waals surface area contributed by atoms with E-state index in [1.54, 1.807) is 37.5 Å². The third kappa shape index (κ3) is 4.66. The van der Waals surface area contributed by atoms with Crippen LogP contribution in [0, 0.1) is 5.82 Å². The van der Waals surface area contributed by atoms with E-state index in [0.717, 1.165) is 0 Å². The normalized spacial score (nSPS) is 14.7. The molecule has 1 amide bonds. The Hall–Kier alpha value is -4.38. The van der Waals surface area contributed by atoms with Gasteiger partial charge in [0.1, 0.15) is 11.6 Å². The zero-order chi connectivity index (χ0) is 25.1. The molecule has 2 heterocycles. The summed E-state index contributed by atoms with van der Waals surface area (Å²) in [6.45, 7) is 3.60. The van der Waals surface area contributed by atoms with E-state index in [-0.39, 0.29) is 29.8 Å². The van der Waals surface area contributed by atoms with Gasteiger partial charge in [0.25, 0.3) is 0 Å². The van der Waals surface area contributed by atoms with Crippen molar-refractivity contribution in [2.75, 3.05) is 41.7 Å². The van der Waals surface area contributed by atoms with Gasteiger partial charge in [-0.25, -0.2) is 9.37 Å². The number of halogens is 1. The summed E-state index contributed by atoms with van der Waals surface area (Å²) in [4.78, 5) is 23.6. The fourth-order valence-electron chi connectivity index (χ4n) is 3.71. The van der Waals surface area contributed by atoms with Crippen LogP contribution >= 0.6 is 0 Å². The Morgan fingerprint density at radius 3 is 2.69 bits per heavy atom. The smallest absolute Gasteiger partial charge is 0.247 e. The molecular formula is C24H25FN6O4. The Balaban J connectivity index is 1.64. The van der Waals surface area contributed by atoms with Crippen molar-refractivity contribution in [3.8, 4) is 11.5 Å². The topological polar surface area (TPSA) is 112 Å². The fourth-order valence-corrected chi connectivity index (χ4v) is 3.71. The number of rotatable bonds is 7. The zero-order valence-corrected chi connectivity index (χ0v) is 19.4. The van der Waals surface area contributed by atoms with Crippen LogP contribution in [-0.2, 0) is 11.3 Å². The molecule has 0 aliphatic carbocycles. The Bertz CT molecular complexity index is 1270. The molecule has 0 bridgehead atoms. The first-order valence-electron chi connectivity index (χ1n) is 10.6. The molecule has 0 saturated carbocycles. The number of benzene rings is 2. The third-order valence-electron chi connectivity index (χ3n) is 5.52. The number of nitrogens with one attached hydrogen (secondary N) is 2. The van der Waals surface area contributed by atoms with Gasteiger partial charge < -0.3 is 35.0 Å². The van der Waals surface area contributed by atoms with Gasteiger partial charge in [-0.15, -0.1) is 0 Å². The van der Waals surface area contributed by atoms with Crippen molar-refractivity contribution in [2.45, 2.75) is 12.9 Å². The van der Waals surface area contributed by atoms with Crippen molar-refractivity contribution in [1.29, 1.82) is 0 Å². The standard InChI is InChI=1S/C24H25FN6O4/c1-5-20(32)27-16-8-6-7-9-17(16)28-23-26-12-14-13-31(24(33)30(2)22(14)29-23)18-10-15(34-3)11-19(35-4)21(18)25/h5-12,24,33H,1,13H2,2-4H3,(H,27,32)(H,26,28,29). The summed E-state index contributed by atoms with van der Waals surface area (Å²) in [5, 5.41) is 16.8. The summed E-state index contributed by atoms with van der Waals surface area (Å²) in [7, 11) is 4.47. The van der Waals surface area contributed by atoms with Gasteiger partial charge in [-0.2, -0.15) is 4.98 Å². The highest BCUT2D eigenvalue weighted by atomic mass is 19.1. The molecule has 1 unspecified atom stereocenters. The van der Waals surface area contributed by atoms with Crippen LogP contribution in [0.5, 0.6) is 11.5 Å². The Labute approximate surface area is 201 Å². The maximum Gasteiger partial charge on any atom is 0.247 e. The van der Waals surface area contributed by atoms with Crippen molar-refractivity contribution in [1.82, 2.24) is 9.97 Å². The van der Waals surface area contributed by atoms with E-state index in [2.05, 4.69) is 27.2 Å². The molecule has 1 aromatic heterocycles. The monoisotopic (exact) mass is 480 g/mol. The number of carbonyl (C=O) groups excluding carboxylic acids is 1. The number of nitrogens with zero attached hydrogens (tertiary/aromatic N) is 4. The van der Waals surface area contributed by atoms with Crippen LogP contribution in [0.15, 0.2) is 55.3 Å². The van der Waals surface area contributed by atoms with Crippen LogP contribution in [0.4, 0.5) is 33.2 Å². The molecule has 0 fully saturated rings.